The lowest BCUT2D eigenvalue weighted by Gasteiger charge is -2.32. The molecule has 2 unspecified atom stereocenters. The van der Waals surface area contributed by atoms with Crippen LogP contribution in [0.15, 0.2) is 177 Å². The van der Waals surface area contributed by atoms with Crippen LogP contribution in [0.5, 0.6) is 5.75 Å². The summed E-state index contributed by atoms with van der Waals surface area (Å²) in [4.78, 5) is 34.2. The van der Waals surface area contributed by atoms with Crippen LogP contribution in [0.25, 0.3) is 47.2 Å². The van der Waals surface area contributed by atoms with Crippen LogP contribution in [0, 0.1) is 49.4 Å². The number of hydrogen-bond acceptors (Lipinski definition) is 6. The first kappa shape index (κ1) is 57.5. The molecule has 7 nitrogen and oxygen atoms in total. The molecule has 9 rings (SSSR count). The second-order valence-electron chi connectivity index (χ2n) is 20.6. The maximum Gasteiger partial charge on any atom is 0.246 e. The molecule has 7 heteroatoms. The summed E-state index contributed by atoms with van der Waals surface area (Å²) in [6, 6.07) is 46.6. The lowest BCUT2D eigenvalue weighted by atomic mass is 9.68. The number of nitrogens with zero attached hydrogens (tertiary/aromatic N) is 1. The van der Waals surface area contributed by atoms with Gasteiger partial charge in [-0.3, -0.25) is 9.59 Å². The molecule has 0 N–H and O–H groups in total. The topological polar surface area (TPSA) is 74.3 Å². The van der Waals surface area contributed by atoms with Gasteiger partial charge < -0.3 is 23.8 Å². The largest absolute Gasteiger partial charge is 0.486 e. The van der Waals surface area contributed by atoms with Gasteiger partial charge in [-0.2, -0.15) is 0 Å². The van der Waals surface area contributed by atoms with Crippen LogP contribution in [0.1, 0.15) is 118 Å². The van der Waals surface area contributed by atoms with Crippen LogP contribution in [-0.2, 0) is 34.6 Å². The minimum atomic E-state index is -1.26. The smallest absolute Gasteiger partial charge is 0.246 e. The zero-order valence-electron chi connectivity index (χ0n) is 47.3. The van der Waals surface area contributed by atoms with Crippen LogP contribution in [-0.4, -0.2) is 44.7 Å². The number of Topliss-reactive ketones (excluding diaryl/α,β-unsaturated/α-hetero) is 1. The Bertz CT molecular complexity index is 3900. The first-order valence-corrected chi connectivity index (χ1v) is 27.6. The second-order valence-corrected chi connectivity index (χ2v) is 20.6. The normalized spacial score (nSPS) is 17.3. The Hall–Kier alpha value is -10.2. The highest BCUT2D eigenvalue weighted by Gasteiger charge is 2.55. The average Bonchev–Trinajstić information content (AvgIpc) is 1.71. The highest BCUT2D eigenvalue weighted by Crippen LogP contribution is 2.55. The summed E-state index contributed by atoms with van der Waals surface area (Å²) in [7, 11) is 0. The first-order valence-electron chi connectivity index (χ1n) is 27.6. The summed E-state index contributed by atoms with van der Waals surface area (Å²) in [6.45, 7) is 19.2. The van der Waals surface area contributed by atoms with Gasteiger partial charge >= 0.3 is 0 Å². The summed E-state index contributed by atoms with van der Waals surface area (Å²) >= 11 is 0. The summed E-state index contributed by atoms with van der Waals surface area (Å²) in [5.74, 6) is 12.2. The van der Waals surface area contributed by atoms with Crippen LogP contribution in [0.3, 0.4) is 0 Å². The van der Waals surface area contributed by atoms with Crippen molar-refractivity contribution >= 4 is 64.6 Å². The third kappa shape index (κ3) is 11.1. The number of amides is 1. The van der Waals surface area contributed by atoms with Crippen molar-refractivity contribution in [3.05, 3.63) is 249 Å². The van der Waals surface area contributed by atoms with Crippen molar-refractivity contribution in [2.24, 2.45) is 0 Å². The van der Waals surface area contributed by atoms with Gasteiger partial charge in [0, 0.05) is 23.7 Å². The summed E-state index contributed by atoms with van der Waals surface area (Å²) < 4.78 is 23.0. The van der Waals surface area contributed by atoms with Gasteiger partial charge in [0.25, 0.3) is 0 Å². The standard InChI is InChI=1S/C76H65NO6/c1-11-40-80-52(8)44-58-29-34-63(47-55(58)15-5)75(64-35-30-59(56(16-6)48-64)45-53(9)81-41-12-2)70-26-19-18-24-68(70)69(73(75)78)25-22-23-39-77-72-28-21-20-27-71(72)76(74(77)79,65-36-31-60(57(17-7)49-65)46-54(10)82-42-13-3)66-37-32-62-51-67(83-43-14-4)38-33-61(62)50-66/h1-4,15-21,24,26-38,44-51,69H,5-7,22-23,25,39-43H2,8-10H3/b52-44+,53-45+,54-46+. The maximum atomic E-state index is 16.2. The lowest BCUT2D eigenvalue weighted by Crippen LogP contribution is -2.42. The van der Waals surface area contributed by atoms with Crippen molar-refractivity contribution in [3.8, 4) is 55.1 Å². The monoisotopic (exact) mass is 1090 g/mol. The molecule has 0 radical (unpaired) electrons. The predicted molar refractivity (Wildman–Crippen MR) is 340 cm³/mol. The Morgan fingerprint density at radius 3 is 1.51 bits per heavy atom. The van der Waals surface area contributed by atoms with Crippen LogP contribution in [0.2, 0.25) is 0 Å². The molecule has 1 heterocycles. The van der Waals surface area contributed by atoms with Crippen LogP contribution >= 0.6 is 0 Å². The third-order valence-corrected chi connectivity index (χ3v) is 15.7. The van der Waals surface area contributed by atoms with Gasteiger partial charge in [0.05, 0.1) is 17.3 Å². The minimum Gasteiger partial charge on any atom is -0.486 e. The van der Waals surface area contributed by atoms with E-state index in [9.17, 15) is 0 Å². The fourth-order valence-electron chi connectivity index (χ4n) is 12.0. The molecule has 0 fully saturated rings. The van der Waals surface area contributed by atoms with E-state index >= 15 is 9.59 Å². The molecule has 0 aromatic heterocycles. The van der Waals surface area contributed by atoms with Crippen molar-refractivity contribution in [2.75, 3.05) is 37.9 Å². The summed E-state index contributed by atoms with van der Waals surface area (Å²) in [5.41, 5.74) is 9.36. The number of allylic oxidation sites excluding steroid dienone is 3. The molecule has 7 aromatic rings. The SMILES string of the molecule is C#CCO/C(C)=C/c1ccc(C2(c3ccc(/C=C(\C)OCC#C)c(C=C)c3)C(=O)C(CCCCN3C(=O)C(c4ccc(/C=C(\C)OCC#C)c(C=C)c4)(c4ccc5cc(OCC#C)ccc5c4)c4ccccc43)c3ccccc32)cc1C=C. The summed E-state index contributed by atoms with van der Waals surface area (Å²) in [5, 5.41) is 1.88. The van der Waals surface area contributed by atoms with Crippen molar-refractivity contribution < 1.29 is 28.5 Å². The molecule has 0 saturated heterocycles. The highest BCUT2D eigenvalue weighted by atomic mass is 16.5. The Balaban J connectivity index is 1.09. The Morgan fingerprint density at radius 2 is 0.976 bits per heavy atom. The molecule has 2 atom stereocenters. The number of para-hydroxylation sites is 1. The van der Waals surface area contributed by atoms with E-state index < -0.39 is 16.7 Å². The van der Waals surface area contributed by atoms with Gasteiger partial charge in [0.1, 0.15) is 43.0 Å². The number of ketones is 1. The van der Waals surface area contributed by atoms with Crippen LogP contribution in [0.4, 0.5) is 5.69 Å². The van der Waals surface area contributed by atoms with Gasteiger partial charge in [0.2, 0.25) is 5.91 Å². The molecule has 0 saturated carbocycles. The molecule has 1 aliphatic carbocycles. The molecule has 1 amide bonds. The predicted octanol–water partition coefficient (Wildman–Crippen LogP) is 15.4. The fraction of sp³-hybridized carbons (Fsp3) is 0.184. The molecule has 0 spiro atoms. The molecule has 7 aromatic carbocycles. The van der Waals surface area contributed by atoms with Gasteiger partial charge in [-0.15, -0.1) is 25.7 Å². The Kier molecular flexibility index (Phi) is 17.7. The number of unbranched alkanes of at least 4 members (excludes halogenated alkanes) is 1. The van der Waals surface area contributed by atoms with E-state index in [0.29, 0.717) is 48.8 Å². The van der Waals surface area contributed by atoms with Crippen molar-refractivity contribution in [1.29, 1.82) is 0 Å². The number of carbonyl (C=O) groups is 2. The van der Waals surface area contributed by atoms with Crippen LogP contribution < -0.4 is 9.64 Å². The number of hydrogen-bond donors (Lipinski definition) is 0. The number of fused-ring (bicyclic) bond motifs is 3. The molecule has 1 aliphatic heterocycles. The number of benzene rings is 7. The summed E-state index contributed by atoms with van der Waals surface area (Å²) in [6.07, 6.45) is 35.0. The third-order valence-electron chi connectivity index (χ3n) is 15.7. The molecule has 410 valence electrons. The molecule has 83 heavy (non-hydrogen) atoms. The zero-order chi connectivity index (χ0) is 58.7. The van der Waals surface area contributed by atoms with Crippen molar-refractivity contribution in [1.82, 2.24) is 0 Å². The van der Waals surface area contributed by atoms with E-state index in [-0.39, 0.29) is 38.1 Å². The minimum absolute atomic E-state index is 0.0548. The highest BCUT2D eigenvalue weighted by molar-refractivity contribution is 6.13. The van der Waals surface area contributed by atoms with E-state index in [0.717, 1.165) is 88.8 Å². The van der Waals surface area contributed by atoms with E-state index in [1.165, 1.54) is 0 Å². The molecule has 2 aliphatic rings. The molecule has 0 bridgehead atoms. The van der Waals surface area contributed by atoms with E-state index in [1.54, 1.807) is 18.2 Å². The Labute approximate surface area is 489 Å². The maximum absolute atomic E-state index is 16.2. The molecular weight excluding hydrogens is 1020 g/mol. The van der Waals surface area contributed by atoms with E-state index in [4.69, 9.17) is 44.6 Å². The van der Waals surface area contributed by atoms with E-state index in [2.05, 4.69) is 85.9 Å². The number of rotatable bonds is 23. The quantitative estimate of drug-likeness (QED) is 0.0361. The number of ether oxygens (including phenoxy) is 4. The zero-order valence-corrected chi connectivity index (χ0v) is 47.3. The van der Waals surface area contributed by atoms with Gasteiger partial charge in [-0.1, -0.05) is 165 Å². The number of anilines is 1. The second kappa shape index (κ2) is 25.5. The Morgan fingerprint density at radius 1 is 0.518 bits per heavy atom. The number of terminal acetylenes is 4. The van der Waals surface area contributed by atoms with Gasteiger partial charge in [0.15, 0.2) is 5.78 Å². The average molecular weight is 1090 g/mol. The van der Waals surface area contributed by atoms with Gasteiger partial charge in [-0.25, -0.2) is 0 Å². The van der Waals surface area contributed by atoms with E-state index in [1.807, 2.05) is 141 Å². The number of carbonyl (C=O) groups excluding carboxylic acids is 2. The first-order chi connectivity index (χ1) is 40.4. The van der Waals surface area contributed by atoms with Crippen molar-refractivity contribution in [3.63, 3.8) is 0 Å². The van der Waals surface area contributed by atoms with Gasteiger partial charge in [-0.05, 0) is 172 Å². The fourth-order valence-corrected chi connectivity index (χ4v) is 12.0. The molecular formula is C76H65NO6. The lowest BCUT2D eigenvalue weighted by molar-refractivity contribution is -0.123. The van der Waals surface area contributed by atoms with Crippen molar-refractivity contribution in [2.45, 2.75) is 56.8 Å².